The second-order valence-corrected chi connectivity index (χ2v) is 4.67. The Labute approximate surface area is 121 Å². The van der Waals surface area contributed by atoms with Crippen molar-refractivity contribution in [2.45, 2.75) is 19.3 Å². The van der Waals surface area contributed by atoms with Crippen LogP contribution in [0.5, 0.6) is 0 Å². The zero-order chi connectivity index (χ0) is 14.8. The summed E-state index contributed by atoms with van der Waals surface area (Å²) in [5.41, 5.74) is 0.727. The minimum atomic E-state index is -0.149. The van der Waals surface area contributed by atoms with E-state index in [1.807, 2.05) is 25.3 Å². The fourth-order valence-corrected chi connectivity index (χ4v) is 1.97. The number of unbranched alkanes of at least 4 members (excludes halogenated alkanes) is 1. The molecule has 0 spiro atoms. The third-order valence-corrected chi connectivity index (χ3v) is 3.11. The first-order valence-corrected chi connectivity index (χ1v) is 6.95. The van der Waals surface area contributed by atoms with Crippen molar-refractivity contribution >= 4 is 5.96 Å². The highest BCUT2D eigenvalue weighted by Gasteiger charge is 2.05. The number of hydrogen-bond donors (Lipinski definition) is 1. The number of hydrogen-bond acceptors (Lipinski definition) is 1. The third-order valence-electron chi connectivity index (χ3n) is 3.11. The standard InChI is InChI=1S/C16H24FN3/c1-4-5-8-13-20(3)16(18-2)19-12-11-14-9-6-7-10-15(14)17/h4,6-7,9-10H,1,5,8,11-13H2,2-3H3,(H,18,19). The smallest absolute Gasteiger partial charge is 0.193 e. The summed E-state index contributed by atoms with van der Waals surface area (Å²) in [6.45, 7) is 5.30. The Hall–Kier alpha value is -1.84. The Morgan fingerprint density at radius 3 is 2.85 bits per heavy atom. The maximum Gasteiger partial charge on any atom is 0.193 e. The van der Waals surface area contributed by atoms with E-state index in [9.17, 15) is 4.39 Å². The average Bonchev–Trinajstić information content (AvgIpc) is 2.45. The van der Waals surface area contributed by atoms with Crippen molar-refractivity contribution in [2.24, 2.45) is 4.99 Å². The molecule has 4 heteroatoms. The minimum Gasteiger partial charge on any atom is -0.356 e. The lowest BCUT2D eigenvalue weighted by Gasteiger charge is -2.21. The quantitative estimate of drug-likeness (QED) is 0.359. The highest BCUT2D eigenvalue weighted by molar-refractivity contribution is 5.79. The van der Waals surface area contributed by atoms with Gasteiger partial charge in [-0.2, -0.15) is 0 Å². The lowest BCUT2D eigenvalue weighted by atomic mass is 10.1. The molecule has 20 heavy (non-hydrogen) atoms. The summed E-state index contributed by atoms with van der Waals surface area (Å²) in [4.78, 5) is 6.31. The van der Waals surface area contributed by atoms with Gasteiger partial charge in [0.1, 0.15) is 5.82 Å². The Morgan fingerprint density at radius 1 is 1.45 bits per heavy atom. The van der Waals surface area contributed by atoms with Crippen molar-refractivity contribution in [2.75, 3.05) is 27.2 Å². The number of guanidine groups is 1. The molecule has 0 heterocycles. The van der Waals surface area contributed by atoms with Gasteiger partial charge in [-0.15, -0.1) is 6.58 Å². The molecule has 0 aliphatic rings. The van der Waals surface area contributed by atoms with Crippen LogP contribution in [0.1, 0.15) is 18.4 Å². The van der Waals surface area contributed by atoms with Gasteiger partial charge in [-0.05, 0) is 30.9 Å². The Bertz CT molecular complexity index is 443. The van der Waals surface area contributed by atoms with Crippen LogP contribution in [0.25, 0.3) is 0 Å². The maximum atomic E-state index is 13.5. The van der Waals surface area contributed by atoms with Gasteiger partial charge in [0.05, 0.1) is 0 Å². The fraction of sp³-hybridized carbons (Fsp3) is 0.438. The second kappa shape index (κ2) is 9.13. The van der Waals surface area contributed by atoms with Gasteiger partial charge in [0.15, 0.2) is 5.96 Å². The van der Waals surface area contributed by atoms with Crippen molar-refractivity contribution in [1.82, 2.24) is 10.2 Å². The molecule has 1 aromatic rings. The molecule has 0 bridgehead atoms. The SMILES string of the molecule is C=CCCCN(C)C(=NC)NCCc1ccccc1F. The first kappa shape index (κ1) is 16.2. The number of allylic oxidation sites excluding steroid dienone is 1. The largest absolute Gasteiger partial charge is 0.356 e. The molecule has 0 amide bonds. The van der Waals surface area contributed by atoms with E-state index in [1.165, 1.54) is 6.07 Å². The Balaban J connectivity index is 2.38. The highest BCUT2D eigenvalue weighted by atomic mass is 19.1. The molecule has 0 aliphatic carbocycles. The van der Waals surface area contributed by atoms with Crippen LogP contribution in [0.3, 0.4) is 0 Å². The monoisotopic (exact) mass is 277 g/mol. The van der Waals surface area contributed by atoms with Crippen molar-refractivity contribution in [3.05, 3.63) is 48.3 Å². The van der Waals surface area contributed by atoms with Crippen LogP contribution in [0.2, 0.25) is 0 Å². The number of benzene rings is 1. The topological polar surface area (TPSA) is 27.6 Å². The first-order valence-electron chi connectivity index (χ1n) is 6.95. The number of rotatable bonds is 7. The molecule has 1 rings (SSSR count). The third kappa shape index (κ3) is 5.43. The van der Waals surface area contributed by atoms with E-state index in [0.29, 0.717) is 13.0 Å². The molecule has 3 nitrogen and oxygen atoms in total. The lowest BCUT2D eigenvalue weighted by molar-refractivity contribution is 0.470. The molecule has 0 aromatic heterocycles. The van der Waals surface area contributed by atoms with Gasteiger partial charge in [-0.25, -0.2) is 4.39 Å². The van der Waals surface area contributed by atoms with Crippen LogP contribution >= 0.6 is 0 Å². The summed E-state index contributed by atoms with van der Waals surface area (Å²) in [7, 11) is 3.76. The van der Waals surface area contributed by atoms with Crippen LogP contribution in [0.15, 0.2) is 41.9 Å². The van der Waals surface area contributed by atoms with Gasteiger partial charge in [-0.1, -0.05) is 24.3 Å². The maximum absolute atomic E-state index is 13.5. The zero-order valence-corrected chi connectivity index (χ0v) is 12.4. The molecule has 0 saturated heterocycles. The van der Waals surface area contributed by atoms with E-state index < -0.39 is 0 Å². The van der Waals surface area contributed by atoms with Gasteiger partial charge in [0, 0.05) is 27.2 Å². The molecule has 0 atom stereocenters. The van der Waals surface area contributed by atoms with Crippen molar-refractivity contribution in [1.29, 1.82) is 0 Å². The molecule has 1 N–H and O–H groups in total. The van der Waals surface area contributed by atoms with E-state index in [1.54, 1.807) is 13.1 Å². The van der Waals surface area contributed by atoms with Gasteiger partial charge in [0.2, 0.25) is 0 Å². The Kier molecular flexibility index (Phi) is 7.40. The Morgan fingerprint density at radius 2 is 2.20 bits per heavy atom. The van der Waals surface area contributed by atoms with E-state index in [-0.39, 0.29) is 5.82 Å². The van der Waals surface area contributed by atoms with Crippen LogP contribution in [-0.4, -0.2) is 38.0 Å². The minimum absolute atomic E-state index is 0.149. The molecule has 110 valence electrons. The van der Waals surface area contributed by atoms with E-state index in [2.05, 4.69) is 21.8 Å². The lowest BCUT2D eigenvalue weighted by Crippen LogP contribution is -2.40. The second-order valence-electron chi connectivity index (χ2n) is 4.67. The van der Waals surface area contributed by atoms with Crippen LogP contribution in [0.4, 0.5) is 4.39 Å². The summed E-state index contributed by atoms with van der Waals surface area (Å²) >= 11 is 0. The van der Waals surface area contributed by atoms with Gasteiger partial charge in [0.25, 0.3) is 0 Å². The van der Waals surface area contributed by atoms with Crippen LogP contribution in [-0.2, 0) is 6.42 Å². The molecular formula is C16H24FN3. The molecule has 0 radical (unpaired) electrons. The van der Waals surface area contributed by atoms with E-state index >= 15 is 0 Å². The number of halogens is 1. The predicted molar refractivity (Wildman–Crippen MR) is 83.5 cm³/mol. The average molecular weight is 277 g/mol. The molecule has 1 aromatic carbocycles. The fourth-order valence-electron chi connectivity index (χ4n) is 1.97. The van der Waals surface area contributed by atoms with Crippen LogP contribution in [0, 0.1) is 5.82 Å². The first-order chi connectivity index (χ1) is 9.69. The molecule has 0 unspecified atom stereocenters. The van der Waals surface area contributed by atoms with E-state index in [4.69, 9.17) is 0 Å². The number of nitrogens with one attached hydrogen (secondary N) is 1. The van der Waals surface area contributed by atoms with Crippen molar-refractivity contribution in [3.63, 3.8) is 0 Å². The number of nitrogens with zero attached hydrogens (tertiary/aromatic N) is 2. The summed E-state index contributed by atoms with van der Waals surface area (Å²) in [5, 5.41) is 3.26. The molecular weight excluding hydrogens is 253 g/mol. The summed E-state index contributed by atoms with van der Waals surface area (Å²) in [6.07, 6.45) is 4.61. The van der Waals surface area contributed by atoms with E-state index in [0.717, 1.165) is 30.9 Å². The molecule has 0 aliphatic heterocycles. The van der Waals surface area contributed by atoms with Crippen molar-refractivity contribution < 1.29 is 4.39 Å². The van der Waals surface area contributed by atoms with Gasteiger partial charge >= 0.3 is 0 Å². The summed E-state index contributed by atoms with van der Waals surface area (Å²) in [6, 6.07) is 6.87. The summed E-state index contributed by atoms with van der Waals surface area (Å²) < 4.78 is 13.5. The normalized spacial score (nSPS) is 11.2. The van der Waals surface area contributed by atoms with Gasteiger partial charge in [-0.3, -0.25) is 4.99 Å². The van der Waals surface area contributed by atoms with Crippen molar-refractivity contribution in [3.8, 4) is 0 Å². The molecule has 0 saturated carbocycles. The molecule has 0 fully saturated rings. The summed E-state index contributed by atoms with van der Waals surface area (Å²) in [5.74, 6) is 0.689. The highest BCUT2D eigenvalue weighted by Crippen LogP contribution is 2.06. The number of aliphatic imine (C=N–C) groups is 1. The zero-order valence-electron chi connectivity index (χ0n) is 12.4. The predicted octanol–water partition coefficient (Wildman–Crippen LogP) is 2.84. The van der Waals surface area contributed by atoms with Crippen LogP contribution < -0.4 is 5.32 Å². The van der Waals surface area contributed by atoms with Gasteiger partial charge < -0.3 is 10.2 Å².